The van der Waals surface area contributed by atoms with Crippen molar-refractivity contribution in [3.8, 4) is 0 Å². The number of Topliss-reactive ketones (excluding diaryl/α,β-unsaturated/α-hetero) is 1. The number of carbonyl (C=O) groups excluding carboxylic acids is 3. The number of likely N-dealkylation sites (tertiary alicyclic amines) is 1. The molecule has 2 heterocycles. The second kappa shape index (κ2) is 12.8. The van der Waals surface area contributed by atoms with Gasteiger partial charge in [0, 0.05) is 35.7 Å². The highest BCUT2D eigenvalue weighted by molar-refractivity contribution is 7.62. The number of aromatic nitrogens is 1. The van der Waals surface area contributed by atoms with Gasteiger partial charge in [0.2, 0.25) is 11.8 Å². The van der Waals surface area contributed by atoms with Crippen molar-refractivity contribution in [1.29, 1.82) is 0 Å². The predicted molar refractivity (Wildman–Crippen MR) is 150 cm³/mol. The van der Waals surface area contributed by atoms with Crippen molar-refractivity contribution in [2.24, 2.45) is 0 Å². The number of benzene rings is 2. The van der Waals surface area contributed by atoms with Gasteiger partial charge in [0.25, 0.3) is 0 Å². The highest BCUT2D eigenvalue weighted by atomic mass is 31.2. The van der Waals surface area contributed by atoms with Crippen LogP contribution >= 0.6 is 7.60 Å². The third kappa shape index (κ3) is 6.30. The number of halogens is 3. The number of aryl methyl sites for hydroxylation is 1. The first-order chi connectivity index (χ1) is 19.9. The highest BCUT2D eigenvalue weighted by Gasteiger charge is 2.40. The van der Waals surface area contributed by atoms with Gasteiger partial charge in [0.15, 0.2) is 5.78 Å². The lowest BCUT2D eigenvalue weighted by atomic mass is 10.1. The standard InChI is InChI=1S/C29H33F3N3O6P/c1-5-40-42(39,41-6-2)26-12-24-21(11-23(26)31)22(18(4)36)15-34(24)16-27(37)35-14-20(30)10-25(35)29(38)33-13-19-9-7-8-17(3)28(19)32/h7-9,11-12,15,20,25H,5-6,10,13-14,16H2,1-4H3,(H,33,38)/t20-,25+/m1/s1. The molecule has 1 fully saturated rings. The van der Waals surface area contributed by atoms with Crippen LogP contribution in [0.4, 0.5) is 13.2 Å². The van der Waals surface area contributed by atoms with Crippen molar-refractivity contribution >= 4 is 41.4 Å². The van der Waals surface area contributed by atoms with E-state index < -0.39 is 55.6 Å². The molecule has 0 spiro atoms. The minimum absolute atomic E-state index is 0.0215. The van der Waals surface area contributed by atoms with E-state index in [0.717, 1.165) is 11.0 Å². The Morgan fingerprint density at radius 2 is 1.81 bits per heavy atom. The van der Waals surface area contributed by atoms with Crippen molar-refractivity contribution in [3.05, 3.63) is 64.9 Å². The first-order valence-corrected chi connectivity index (χ1v) is 15.1. The lowest BCUT2D eigenvalue weighted by Gasteiger charge is -2.24. The van der Waals surface area contributed by atoms with Gasteiger partial charge in [-0.3, -0.25) is 18.9 Å². The van der Waals surface area contributed by atoms with E-state index >= 15 is 4.39 Å². The topological polar surface area (TPSA) is 107 Å². The van der Waals surface area contributed by atoms with Crippen LogP contribution in [0, 0.1) is 18.6 Å². The summed E-state index contributed by atoms with van der Waals surface area (Å²) in [5, 5.41) is 2.41. The minimum atomic E-state index is -4.07. The Labute approximate surface area is 241 Å². The molecule has 0 aliphatic carbocycles. The Morgan fingerprint density at radius 1 is 1.12 bits per heavy atom. The van der Waals surface area contributed by atoms with Gasteiger partial charge in [-0.2, -0.15) is 0 Å². The molecule has 2 amide bonds. The van der Waals surface area contributed by atoms with E-state index in [2.05, 4.69) is 5.32 Å². The van der Waals surface area contributed by atoms with E-state index in [9.17, 15) is 27.7 Å². The summed E-state index contributed by atoms with van der Waals surface area (Å²) in [4.78, 5) is 39.9. The van der Waals surface area contributed by atoms with Crippen molar-refractivity contribution in [2.45, 2.75) is 59.4 Å². The Hall–Kier alpha value is -3.47. The maximum atomic E-state index is 15.2. The molecule has 1 saturated heterocycles. The summed E-state index contributed by atoms with van der Waals surface area (Å²) in [7, 11) is -4.07. The van der Waals surface area contributed by atoms with Crippen LogP contribution in [-0.2, 0) is 36.3 Å². The molecule has 13 heteroatoms. The van der Waals surface area contributed by atoms with Crippen LogP contribution in [0.5, 0.6) is 0 Å². The number of carbonyl (C=O) groups is 3. The molecule has 1 aliphatic rings. The van der Waals surface area contributed by atoms with Crippen molar-refractivity contribution in [3.63, 3.8) is 0 Å². The van der Waals surface area contributed by atoms with E-state index in [0.29, 0.717) is 5.56 Å². The molecular weight excluding hydrogens is 574 g/mol. The molecule has 0 saturated carbocycles. The van der Waals surface area contributed by atoms with Crippen LogP contribution < -0.4 is 10.6 Å². The second-order valence-electron chi connectivity index (χ2n) is 10.0. The normalized spacial score (nSPS) is 17.2. The van der Waals surface area contributed by atoms with Crippen LogP contribution in [0.1, 0.15) is 48.7 Å². The van der Waals surface area contributed by atoms with Gasteiger partial charge in [-0.1, -0.05) is 18.2 Å². The number of alkyl halides is 1. The number of hydrogen-bond acceptors (Lipinski definition) is 6. The van der Waals surface area contributed by atoms with E-state index in [1.165, 1.54) is 29.8 Å². The molecule has 42 heavy (non-hydrogen) atoms. The second-order valence-corrected chi connectivity index (χ2v) is 12.0. The summed E-state index contributed by atoms with van der Waals surface area (Å²) >= 11 is 0. The maximum Gasteiger partial charge on any atom is 0.364 e. The lowest BCUT2D eigenvalue weighted by Crippen LogP contribution is -2.46. The summed E-state index contributed by atoms with van der Waals surface area (Å²) in [5.74, 6) is -3.03. The highest BCUT2D eigenvalue weighted by Crippen LogP contribution is 2.48. The van der Waals surface area contributed by atoms with Crippen molar-refractivity contribution in [2.75, 3.05) is 19.8 Å². The molecule has 9 nitrogen and oxygen atoms in total. The van der Waals surface area contributed by atoms with Crippen molar-refractivity contribution < 1.29 is 41.2 Å². The van der Waals surface area contributed by atoms with Gasteiger partial charge < -0.3 is 23.8 Å². The molecule has 0 radical (unpaired) electrons. The zero-order valence-electron chi connectivity index (χ0n) is 23.8. The summed E-state index contributed by atoms with van der Waals surface area (Å²) in [5.41, 5.74) is 0.988. The van der Waals surface area contributed by atoms with E-state index in [1.54, 1.807) is 32.9 Å². The number of fused-ring (bicyclic) bond motifs is 1. The summed E-state index contributed by atoms with van der Waals surface area (Å²) < 4.78 is 69.4. The van der Waals surface area contributed by atoms with Crippen LogP contribution in [-0.4, -0.2) is 59.0 Å². The molecule has 2 atom stereocenters. The molecule has 0 bridgehead atoms. The first kappa shape index (κ1) is 31.5. The fraction of sp³-hybridized carbons (Fsp3) is 0.414. The molecule has 0 unspecified atom stereocenters. The molecule has 1 N–H and O–H groups in total. The smallest absolute Gasteiger partial charge is 0.350 e. The van der Waals surface area contributed by atoms with E-state index in [1.807, 2.05) is 0 Å². The average molecular weight is 608 g/mol. The van der Waals surface area contributed by atoms with E-state index in [4.69, 9.17) is 9.05 Å². The van der Waals surface area contributed by atoms with Gasteiger partial charge in [-0.05, 0) is 45.4 Å². The molecular formula is C29H33F3N3O6P. The minimum Gasteiger partial charge on any atom is -0.350 e. The number of rotatable bonds is 11. The zero-order chi connectivity index (χ0) is 30.8. The Bertz CT molecular complexity index is 1570. The first-order valence-electron chi connectivity index (χ1n) is 13.6. The van der Waals surface area contributed by atoms with Crippen LogP contribution in [0.25, 0.3) is 10.9 Å². The molecule has 4 rings (SSSR count). The molecule has 226 valence electrons. The molecule has 1 aromatic heterocycles. The largest absolute Gasteiger partial charge is 0.364 e. The lowest BCUT2D eigenvalue weighted by molar-refractivity contribution is -0.139. The summed E-state index contributed by atoms with van der Waals surface area (Å²) in [6.45, 7) is 5.09. The van der Waals surface area contributed by atoms with Crippen LogP contribution in [0.2, 0.25) is 0 Å². The number of nitrogens with zero attached hydrogens (tertiary/aromatic N) is 2. The van der Waals surface area contributed by atoms with E-state index in [-0.39, 0.29) is 60.1 Å². The van der Waals surface area contributed by atoms with Gasteiger partial charge in [0.05, 0.1) is 25.3 Å². The monoisotopic (exact) mass is 607 g/mol. The fourth-order valence-corrected chi connectivity index (χ4v) is 6.77. The predicted octanol–water partition coefficient (Wildman–Crippen LogP) is 4.58. The Morgan fingerprint density at radius 3 is 2.45 bits per heavy atom. The van der Waals surface area contributed by atoms with Gasteiger partial charge in [-0.15, -0.1) is 0 Å². The van der Waals surface area contributed by atoms with Crippen molar-refractivity contribution in [1.82, 2.24) is 14.8 Å². The fourth-order valence-electron chi connectivity index (χ4n) is 5.13. The maximum absolute atomic E-state index is 15.2. The van der Waals surface area contributed by atoms with Gasteiger partial charge in [-0.25, -0.2) is 13.2 Å². The third-order valence-corrected chi connectivity index (χ3v) is 9.25. The van der Waals surface area contributed by atoms with Gasteiger partial charge >= 0.3 is 7.60 Å². The Kier molecular flexibility index (Phi) is 9.60. The summed E-state index contributed by atoms with van der Waals surface area (Å²) in [6.07, 6.45) is -0.335. The number of hydrogen-bond donors (Lipinski definition) is 1. The Balaban J connectivity index is 1.63. The third-order valence-electron chi connectivity index (χ3n) is 7.13. The number of nitrogens with one attached hydrogen (secondary N) is 1. The van der Waals surface area contributed by atoms with Gasteiger partial charge in [0.1, 0.15) is 35.7 Å². The molecule has 1 aliphatic heterocycles. The SMILES string of the molecule is CCOP(=O)(OCC)c1cc2c(cc1F)c(C(C)=O)cn2CC(=O)N1C[C@H](F)C[C@H]1C(=O)NCc1cccc(C)c1F. The quantitative estimate of drug-likeness (QED) is 0.253. The number of ketones is 1. The van der Waals surface area contributed by atoms with Crippen LogP contribution in [0.3, 0.4) is 0 Å². The molecule has 2 aromatic carbocycles. The average Bonchev–Trinajstić information content (AvgIpc) is 3.49. The zero-order valence-corrected chi connectivity index (χ0v) is 24.7. The molecule has 3 aromatic rings. The number of amides is 2. The summed E-state index contributed by atoms with van der Waals surface area (Å²) in [6, 6.07) is 5.89. The van der Waals surface area contributed by atoms with Crippen LogP contribution in [0.15, 0.2) is 36.5 Å².